The molecule has 1 atom stereocenters. The Morgan fingerprint density at radius 3 is 2.53 bits per heavy atom. The third-order valence-electron chi connectivity index (χ3n) is 5.68. The standard InChI is InChI=1S/C26H30N4O2/c1-2-15-32-24-12-10-20(11-13-24)16-27-25(31)22-9-6-14-30(19-22)26-28-17-23(18-29-26)21-7-4-3-5-8-21/h3-5,7-8,10-13,17-18,22H,2,6,9,14-16,19H2,1H3,(H,27,31)/t22-/m1/s1. The van der Waals surface area contributed by atoms with Crippen molar-refractivity contribution in [3.05, 3.63) is 72.6 Å². The van der Waals surface area contributed by atoms with E-state index in [1.54, 1.807) is 0 Å². The lowest BCUT2D eigenvalue weighted by molar-refractivity contribution is -0.125. The molecule has 0 bridgehead atoms. The number of nitrogens with zero attached hydrogens (tertiary/aromatic N) is 3. The molecule has 6 nitrogen and oxygen atoms in total. The van der Waals surface area contributed by atoms with Crippen molar-refractivity contribution in [1.82, 2.24) is 15.3 Å². The first-order valence-electron chi connectivity index (χ1n) is 11.3. The number of rotatable bonds is 8. The lowest BCUT2D eigenvalue weighted by Gasteiger charge is -2.32. The van der Waals surface area contributed by atoms with Gasteiger partial charge in [-0.25, -0.2) is 9.97 Å². The van der Waals surface area contributed by atoms with Crippen LogP contribution < -0.4 is 15.0 Å². The average molecular weight is 431 g/mol. The van der Waals surface area contributed by atoms with Gasteiger partial charge in [0.1, 0.15) is 5.75 Å². The quantitative estimate of drug-likeness (QED) is 0.571. The number of hydrogen-bond donors (Lipinski definition) is 1. The van der Waals surface area contributed by atoms with Gasteiger partial charge in [0.25, 0.3) is 0 Å². The van der Waals surface area contributed by atoms with Crippen molar-refractivity contribution in [1.29, 1.82) is 0 Å². The summed E-state index contributed by atoms with van der Waals surface area (Å²) in [6.07, 6.45) is 6.53. The summed E-state index contributed by atoms with van der Waals surface area (Å²) in [5, 5.41) is 3.09. The van der Waals surface area contributed by atoms with Gasteiger partial charge < -0.3 is 15.0 Å². The van der Waals surface area contributed by atoms with E-state index in [4.69, 9.17) is 4.74 Å². The topological polar surface area (TPSA) is 67.3 Å². The first kappa shape index (κ1) is 21.8. The third kappa shape index (κ3) is 5.63. The molecule has 4 rings (SSSR count). The fourth-order valence-corrected chi connectivity index (χ4v) is 3.89. The summed E-state index contributed by atoms with van der Waals surface area (Å²) >= 11 is 0. The molecule has 1 aromatic heterocycles. The maximum Gasteiger partial charge on any atom is 0.225 e. The fourth-order valence-electron chi connectivity index (χ4n) is 3.89. The average Bonchev–Trinajstić information content (AvgIpc) is 2.87. The summed E-state index contributed by atoms with van der Waals surface area (Å²) in [4.78, 5) is 24.0. The highest BCUT2D eigenvalue weighted by molar-refractivity contribution is 5.79. The second kappa shape index (κ2) is 10.8. The molecule has 6 heteroatoms. The Kier molecular flexibility index (Phi) is 7.33. The molecule has 0 saturated carbocycles. The summed E-state index contributed by atoms with van der Waals surface area (Å²) in [5.41, 5.74) is 3.15. The van der Waals surface area contributed by atoms with Crippen molar-refractivity contribution in [2.24, 2.45) is 5.92 Å². The van der Waals surface area contributed by atoms with E-state index in [0.717, 1.165) is 48.2 Å². The predicted octanol–water partition coefficient (Wildman–Crippen LogP) is 4.47. The minimum atomic E-state index is -0.0617. The molecule has 0 spiro atoms. The first-order chi connectivity index (χ1) is 15.7. The van der Waals surface area contributed by atoms with Gasteiger partial charge in [-0.2, -0.15) is 0 Å². The fraction of sp³-hybridized carbons (Fsp3) is 0.346. The minimum absolute atomic E-state index is 0.0617. The normalized spacial score (nSPS) is 15.9. The largest absolute Gasteiger partial charge is 0.494 e. The smallest absolute Gasteiger partial charge is 0.225 e. The van der Waals surface area contributed by atoms with Gasteiger partial charge in [-0.1, -0.05) is 49.4 Å². The van der Waals surface area contributed by atoms with E-state index in [0.29, 0.717) is 25.6 Å². The number of aromatic nitrogens is 2. The van der Waals surface area contributed by atoms with Gasteiger partial charge >= 0.3 is 0 Å². The highest BCUT2D eigenvalue weighted by atomic mass is 16.5. The van der Waals surface area contributed by atoms with Crippen molar-refractivity contribution in [2.75, 3.05) is 24.6 Å². The highest BCUT2D eigenvalue weighted by Crippen LogP contribution is 2.23. The number of carbonyl (C=O) groups is 1. The zero-order chi connectivity index (χ0) is 22.2. The lowest BCUT2D eigenvalue weighted by atomic mass is 9.97. The number of nitrogens with one attached hydrogen (secondary N) is 1. The van der Waals surface area contributed by atoms with Gasteiger partial charge in [0, 0.05) is 37.6 Å². The Morgan fingerprint density at radius 1 is 1.06 bits per heavy atom. The van der Waals surface area contributed by atoms with Crippen LogP contribution in [0.5, 0.6) is 5.75 Å². The van der Waals surface area contributed by atoms with E-state index in [2.05, 4.69) is 27.1 Å². The monoisotopic (exact) mass is 430 g/mol. The van der Waals surface area contributed by atoms with Gasteiger partial charge in [-0.15, -0.1) is 0 Å². The summed E-state index contributed by atoms with van der Waals surface area (Å²) in [6, 6.07) is 18.0. The van der Waals surface area contributed by atoms with Gasteiger partial charge in [0.2, 0.25) is 11.9 Å². The molecule has 1 aliphatic heterocycles. The number of piperidine rings is 1. The summed E-state index contributed by atoms with van der Waals surface area (Å²) in [6.45, 7) is 4.83. The lowest BCUT2D eigenvalue weighted by Crippen LogP contribution is -2.43. The number of anilines is 1. The van der Waals surface area contributed by atoms with E-state index in [9.17, 15) is 4.79 Å². The Hall–Kier alpha value is -3.41. The van der Waals surface area contributed by atoms with Crippen LogP contribution in [-0.4, -0.2) is 35.6 Å². The molecule has 0 radical (unpaired) electrons. The zero-order valence-electron chi connectivity index (χ0n) is 18.5. The van der Waals surface area contributed by atoms with Crippen LogP contribution in [-0.2, 0) is 11.3 Å². The third-order valence-corrected chi connectivity index (χ3v) is 5.68. The highest BCUT2D eigenvalue weighted by Gasteiger charge is 2.27. The molecule has 1 amide bonds. The van der Waals surface area contributed by atoms with Crippen molar-refractivity contribution >= 4 is 11.9 Å². The van der Waals surface area contributed by atoms with Gasteiger partial charge in [-0.3, -0.25) is 4.79 Å². The second-order valence-corrected chi connectivity index (χ2v) is 8.13. The molecule has 2 aromatic carbocycles. The summed E-state index contributed by atoms with van der Waals surface area (Å²) in [5.74, 6) is 1.57. The number of ether oxygens (including phenoxy) is 1. The maximum absolute atomic E-state index is 12.8. The molecule has 1 saturated heterocycles. The van der Waals surface area contributed by atoms with Crippen LogP contribution in [0.4, 0.5) is 5.95 Å². The SMILES string of the molecule is CCCOc1ccc(CNC(=O)[C@@H]2CCCN(c3ncc(-c4ccccc4)cn3)C2)cc1. The maximum atomic E-state index is 12.8. The molecule has 166 valence electrons. The Morgan fingerprint density at radius 2 is 1.81 bits per heavy atom. The van der Waals surface area contributed by atoms with E-state index in [1.807, 2.05) is 67.0 Å². The van der Waals surface area contributed by atoms with Crippen LogP contribution in [0.1, 0.15) is 31.7 Å². The summed E-state index contributed by atoms with van der Waals surface area (Å²) in [7, 11) is 0. The van der Waals surface area contributed by atoms with Crippen LogP contribution in [0.15, 0.2) is 67.0 Å². The molecule has 1 aliphatic rings. The number of carbonyl (C=O) groups excluding carboxylic acids is 1. The Labute approximate surface area is 189 Å². The van der Waals surface area contributed by atoms with Crippen molar-refractivity contribution in [2.45, 2.75) is 32.7 Å². The summed E-state index contributed by atoms with van der Waals surface area (Å²) < 4.78 is 5.61. The van der Waals surface area contributed by atoms with Crippen LogP contribution in [0.2, 0.25) is 0 Å². The molecule has 0 aliphatic carbocycles. The van der Waals surface area contributed by atoms with Gasteiger partial charge in [0.15, 0.2) is 0 Å². The molecule has 0 unspecified atom stereocenters. The molecular weight excluding hydrogens is 400 g/mol. The second-order valence-electron chi connectivity index (χ2n) is 8.13. The van der Waals surface area contributed by atoms with Crippen LogP contribution >= 0.6 is 0 Å². The van der Waals surface area contributed by atoms with Gasteiger partial charge in [0.05, 0.1) is 12.5 Å². The van der Waals surface area contributed by atoms with Crippen LogP contribution in [0.25, 0.3) is 11.1 Å². The number of hydrogen-bond acceptors (Lipinski definition) is 5. The molecule has 1 fully saturated rings. The van der Waals surface area contributed by atoms with E-state index in [-0.39, 0.29) is 11.8 Å². The van der Waals surface area contributed by atoms with Crippen LogP contribution in [0.3, 0.4) is 0 Å². The first-order valence-corrected chi connectivity index (χ1v) is 11.3. The molecule has 2 heterocycles. The zero-order valence-corrected chi connectivity index (χ0v) is 18.5. The molecular formula is C26H30N4O2. The van der Waals surface area contributed by atoms with E-state index < -0.39 is 0 Å². The molecule has 1 N–H and O–H groups in total. The van der Waals surface area contributed by atoms with Crippen molar-refractivity contribution < 1.29 is 9.53 Å². The molecule has 32 heavy (non-hydrogen) atoms. The predicted molar refractivity (Wildman–Crippen MR) is 126 cm³/mol. The van der Waals surface area contributed by atoms with Crippen molar-refractivity contribution in [3.8, 4) is 16.9 Å². The van der Waals surface area contributed by atoms with Crippen molar-refractivity contribution in [3.63, 3.8) is 0 Å². The Bertz CT molecular complexity index is 991. The van der Waals surface area contributed by atoms with Crippen LogP contribution in [0, 0.1) is 5.92 Å². The van der Waals surface area contributed by atoms with E-state index >= 15 is 0 Å². The van der Waals surface area contributed by atoms with Gasteiger partial charge in [-0.05, 0) is 42.5 Å². The Balaban J connectivity index is 1.31. The molecule has 3 aromatic rings. The number of benzene rings is 2. The number of amides is 1. The minimum Gasteiger partial charge on any atom is -0.494 e. The van der Waals surface area contributed by atoms with E-state index in [1.165, 1.54) is 0 Å².